The molecule has 0 saturated carbocycles. The van der Waals surface area contributed by atoms with Crippen LogP contribution in [0.1, 0.15) is 48.5 Å². The number of hydrogen-bond acceptors (Lipinski definition) is 3. The van der Waals surface area contributed by atoms with Crippen LogP contribution in [0.2, 0.25) is 0 Å². The minimum absolute atomic E-state index is 0.0692. The van der Waals surface area contributed by atoms with Crippen molar-refractivity contribution in [1.29, 1.82) is 0 Å². The van der Waals surface area contributed by atoms with Gasteiger partial charge in [-0.15, -0.1) is 0 Å². The number of primary amides is 1. The van der Waals surface area contributed by atoms with E-state index in [1.807, 2.05) is 0 Å². The second-order valence-electron chi connectivity index (χ2n) is 8.55. The highest BCUT2D eigenvalue weighted by molar-refractivity contribution is 6.02. The van der Waals surface area contributed by atoms with Crippen molar-refractivity contribution in [3.05, 3.63) is 99.6 Å². The van der Waals surface area contributed by atoms with Crippen LogP contribution < -0.4 is 10.5 Å². The summed E-state index contributed by atoms with van der Waals surface area (Å²) < 4.78 is 84.7. The van der Waals surface area contributed by atoms with Crippen molar-refractivity contribution in [2.24, 2.45) is 11.7 Å². The average molecular weight is 507 g/mol. The van der Waals surface area contributed by atoms with E-state index in [0.29, 0.717) is 34.6 Å². The molecule has 10 heteroatoms. The van der Waals surface area contributed by atoms with E-state index in [1.165, 1.54) is 6.07 Å². The van der Waals surface area contributed by atoms with Gasteiger partial charge in [-0.3, -0.25) is 9.59 Å². The van der Waals surface area contributed by atoms with Crippen LogP contribution in [0.25, 0.3) is 0 Å². The lowest BCUT2D eigenvalue weighted by atomic mass is 9.93. The third kappa shape index (κ3) is 5.53. The summed E-state index contributed by atoms with van der Waals surface area (Å²) in [7, 11) is 0. The maximum absolute atomic E-state index is 13.2. The lowest BCUT2D eigenvalue weighted by molar-refractivity contribution is -0.143. The maximum atomic E-state index is 13.2. The number of ketones is 1. The molecule has 0 saturated heterocycles. The fourth-order valence-electron chi connectivity index (χ4n) is 4.17. The summed E-state index contributed by atoms with van der Waals surface area (Å²) in [5.74, 6) is -1.24. The lowest BCUT2D eigenvalue weighted by Crippen LogP contribution is -2.15. The van der Waals surface area contributed by atoms with Crippen LogP contribution in [-0.2, 0) is 31.8 Å². The van der Waals surface area contributed by atoms with E-state index in [1.54, 1.807) is 36.4 Å². The van der Waals surface area contributed by atoms with E-state index in [2.05, 4.69) is 0 Å². The highest BCUT2D eigenvalue weighted by Crippen LogP contribution is 2.38. The number of nitrogens with two attached hydrogens (primary N) is 1. The molecule has 1 aliphatic carbocycles. The number of halogens is 6. The van der Waals surface area contributed by atoms with Gasteiger partial charge in [-0.1, -0.05) is 12.1 Å². The Bertz CT molecular complexity index is 1280. The van der Waals surface area contributed by atoms with Crippen LogP contribution in [0, 0.1) is 5.92 Å². The minimum atomic E-state index is -4.95. The number of fused-ring (bicyclic) bond motifs is 1. The van der Waals surface area contributed by atoms with Crippen molar-refractivity contribution in [2.75, 3.05) is 0 Å². The van der Waals surface area contributed by atoms with Crippen LogP contribution in [0.15, 0.2) is 60.7 Å². The second kappa shape index (κ2) is 9.33. The molecule has 3 aromatic rings. The Labute approximate surface area is 201 Å². The Hall–Kier alpha value is -3.82. The SMILES string of the molecule is NC(=O)c1ccc(COc2ccc3c(c2)CC(Cc2cc(C(F)(F)F)cc(C(F)(F)F)c2)C3=O)cc1. The van der Waals surface area contributed by atoms with E-state index >= 15 is 0 Å². The van der Waals surface area contributed by atoms with Gasteiger partial charge in [-0.2, -0.15) is 26.3 Å². The Morgan fingerprint density at radius 1 is 0.861 bits per heavy atom. The molecule has 0 fully saturated rings. The van der Waals surface area contributed by atoms with Gasteiger partial charge in [0.05, 0.1) is 11.1 Å². The number of ether oxygens (including phenoxy) is 1. The third-order valence-electron chi connectivity index (χ3n) is 5.95. The molecule has 0 aliphatic heterocycles. The predicted molar refractivity (Wildman–Crippen MR) is 117 cm³/mol. The van der Waals surface area contributed by atoms with Gasteiger partial charge in [-0.25, -0.2) is 0 Å². The Morgan fingerprint density at radius 3 is 2.03 bits per heavy atom. The molecule has 3 aromatic carbocycles. The van der Waals surface area contributed by atoms with Crippen LogP contribution >= 0.6 is 0 Å². The molecule has 36 heavy (non-hydrogen) atoms. The van der Waals surface area contributed by atoms with Crippen molar-refractivity contribution in [1.82, 2.24) is 0 Å². The molecular formula is C26H19F6NO3. The molecule has 0 heterocycles. The number of alkyl halides is 6. The van der Waals surface area contributed by atoms with Crippen LogP contribution in [-0.4, -0.2) is 11.7 Å². The molecular weight excluding hydrogens is 488 g/mol. The van der Waals surface area contributed by atoms with E-state index in [9.17, 15) is 35.9 Å². The highest BCUT2D eigenvalue weighted by atomic mass is 19.4. The molecule has 0 bridgehead atoms. The summed E-state index contributed by atoms with van der Waals surface area (Å²) in [5.41, 5.74) is 4.27. The summed E-state index contributed by atoms with van der Waals surface area (Å²) in [5, 5.41) is 0. The number of amides is 1. The van der Waals surface area contributed by atoms with Gasteiger partial charge in [0.1, 0.15) is 12.4 Å². The fraction of sp³-hybridized carbons (Fsp3) is 0.231. The van der Waals surface area contributed by atoms with Crippen molar-refractivity contribution in [3.8, 4) is 5.75 Å². The molecule has 1 aliphatic rings. The predicted octanol–water partition coefficient (Wildman–Crippen LogP) is 6.00. The first-order valence-electron chi connectivity index (χ1n) is 10.8. The van der Waals surface area contributed by atoms with Gasteiger partial charge in [0.2, 0.25) is 5.91 Å². The zero-order valence-electron chi connectivity index (χ0n) is 18.5. The Morgan fingerprint density at radius 2 is 1.47 bits per heavy atom. The minimum Gasteiger partial charge on any atom is -0.489 e. The molecule has 2 N–H and O–H groups in total. The smallest absolute Gasteiger partial charge is 0.416 e. The fourth-order valence-corrected chi connectivity index (χ4v) is 4.17. The van der Waals surface area contributed by atoms with Gasteiger partial charge in [0.15, 0.2) is 5.78 Å². The van der Waals surface area contributed by atoms with Gasteiger partial charge in [0.25, 0.3) is 0 Å². The molecule has 1 atom stereocenters. The summed E-state index contributed by atoms with van der Waals surface area (Å²) in [6, 6.07) is 12.6. The summed E-state index contributed by atoms with van der Waals surface area (Å²) >= 11 is 0. The van der Waals surface area contributed by atoms with Gasteiger partial charge in [-0.05, 0) is 78.1 Å². The standard InChI is InChI=1S/C26H19F6NO3/c27-25(28,29)19-8-15(9-20(12-19)26(30,31)32)7-18-10-17-11-21(5-6-22(17)23(18)34)36-13-14-1-3-16(4-2-14)24(33)35/h1-6,8-9,11-12,18H,7,10,13H2,(H2,33,35). The summed E-state index contributed by atoms with van der Waals surface area (Å²) in [4.78, 5) is 24.0. The zero-order chi connectivity index (χ0) is 26.3. The second-order valence-corrected chi connectivity index (χ2v) is 8.55. The van der Waals surface area contributed by atoms with Crippen molar-refractivity contribution < 1.29 is 40.7 Å². The molecule has 1 unspecified atom stereocenters. The number of Topliss-reactive ketones (excluding diaryl/α,β-unsaturated/α-hetero) is 1. The summed E-state index contributed by atoms with van der Waals surface area (Å²) in [6.07, 6.45) is -10.0. The van der Waals surface area contributed by atoms with Gasteiger partial charge < -0.3 is 10.5 Å². The largest absolute Gasteiger partial charge is 0.489 e. The monoisotopic (exact) mass is 507 g/mol. The molecule has 0 radical (unpaired) electrons. The number of rotatable bonds is 6. The average Bonchev–Trinajstić information content (AvgIpc) is 3.11. The zero-order valence-corrected chi connectivity index (χ0v) is 18.5. The Kier molecular flexibility index (Phi) is 6.55. The van der Waals surface area contributed by atoms with Gasteiger partial charge in [0, 0.05) is 17.0 Å². The quantitative estimate of drug-likeness (QED) is 0.416. The molecule has 4 rings (SSSR count). The molecule has 188 valence electrons. The van der Waals surface area contributed by atoms with Crippen LogP contribution in [0.3, 0.4) is 0 Å². The normalized spacial score (nSPS) is 15.6. The van der Waals surface area contributed by atoms with Gasteiger partial charge >= 0.3 is 12.4 Å². The van der Waals surface area contributed by atoms with Crippen molar-refractivity contribution in [2.45, 2.75) is 31.8 Å². The molecule has 1 amide bonds. The molecule has 0 spiro atoms. The van der Waals surface area contributed by atoms with Crippen molar-refractivity contribution >= 4 is 11.7 Å². The first kappa shape index (κ1) is 25.3. The maximum Gasteiger partial charge on any atom is 0.416 e. The van der Waals surface area contributed by atoms with E-state index in [0.717, 1.165) is 5.56 Å². The first-order valence-corrected chi connectivity index (χ1v) is 10.8. The molecule has 0 aromatic heterocycles. The number of carbonyl (C=O) groups excluding carboxylic acids is 2. The number of hydrogen-bond donors (Lipinski definition) is 1. The summed E-state index contributed by atoms with van der Waals surface area (Å²) in [6.45, 7) is 0.166. The van der Waals surface area contributed by atoms with E-state index in [4.69, 9.17) is 10.5 Å². The molecule has 4 nitrogen and oxygen atoms in total. The number of benzene rings is 3. The highest BCUT2D eigenvalue weighted by Gasteiger charge is 2.38. The van der Waals surface area contributed by atoms with E-state index < -0.39 is 35.3 Å². The topological polar surface area (TPSA) is 69.4 Å². The number of carbonyl (C=O) groups is 2. The van der Waals surface area contributed by atoms with Crippen molar-refractivity contribution in [3.63, 3.8) is 0 Å². The van der Waals surface area contributed by atoms with Crippen LogP contribution in [0.5, 0.6) is 5.75 Å². The van der Waals surface area contributed by atoms with E-state index in [-0.39, 0.29) is 36.9 Å². The Balaban J connectivity index is 1.49. The lowest BCUT2D eigenvalue weighted by Gasteiger charge is -2.15. The first-order chi connectivity index (χ1) is 16.8. The third-order valence-corrected chi connectivity index (χ3v) is 5.95. The van der Waals surface area contributed by atoms with Crippen LogP contribution in [0.4, 0.5) is 26.3 Å².